The van der Waals surface area contributed by atoms with Crippen LogP contribution in [0.5, 0.6) is 0 Å². The summed E-state index contributed by atoms with van der Waals surface area (Å²) >= 11 is 0. The SMILES string of the molecule is CC(C)(C)C(=O)Nc1ncccc1C(NCCO[Si](C)(C)C(C)(C)C)C(F)F. The molecule has 1 aromatic heterocycles. The van der Waals surface area contributed by atoms with Crippen molar-refractivity contribution in [1.29, 1.82) is 0 Å². The number of rotatable bonds is 8. The number of amides is 1. The molecule has 5 nitrogen and oxygen atoms in total. The van der Waals surface area contributed by atoms with E-state index in [1.807, 2.05) is 0 Å². The highest BCUT2D eigenvalue weighted by atomic mass is 28.4. The second kappa shape index (κ2) is 9.41. The summed E-state index contributed by atoms with van der Waals surface area (Å²) in [5.74, 6) is -0.118. The Bertz CT molecular complexity index is 656. The molecule has 160 valence electrons. The third-order valence-corrected chi connectivity index (χ3v) is 9.61. The van der Waals surface area contributed by atoms with E-state index in [2.05, 4.69) is 49.5 Å². The number of aromatic nitrogens is 1. The molecule has 0 aliphatic rings. The van der Waals surface area contributed by atoms with Gasteiger partial charge in [0, 0.05) is 30.3 Å². The van der Waals surface area contributed by atoms with Crippen LogP contribution in [-0.4, -0.2) is 38.8 Å². The van der Waals surface area contributed by atoms with Crippen molar-refractivity contribution in [2.45, 2.75) is 72.1 Å². The van der Waals surface area contributed by atoms with Crippen LogP contribution in [-0.2, 0) is 9.22 Å². The van der Waals surface area contributed by atoms with Crippen molar-refractivity contribution in [2.75, 3.05) is 18.5 Å². The quantitative estimate of drug-likeness (QED) is 0.464. The maximum Gasteiger partial charge on any atom is 0.257 e. The van der Waals surface area contributed by atoms with Crippen molar-refractivity contribution >= 4 is 20.0 Å². The molecule has 2 N–H and O–H groups in total. The Balaban J connectivity index is 2.86. The minimum atomic E-state index is -2.65. The standard InChI is InChI=1S/C20H35F2N3O2Si/c1-19(2,3)18(26)25-17-14(10-9-11-24-17)15(16(21)22)23-12-13-27-28(7,8)20(4,5)6/h9-11,15-16,23H,12-13H2,1-8H3,(H,24,25,26). The molecule has 0 aliphatic heterocycles. The molecule has 0 fully saturated rings. The molecular formula is C20H35F2N3O2Si. The Hall–Kier alpha value is -1.38. The lowest BCUT2D eigenvalue weighted by atomic mass is 9.95. The number of nitrogens with zero attached hydrogens (tertiary/aromatic N) is 1. The molecule has 1 amide bonds. The van der Waals surface area contributed by atoms with Crippen molar-refractivity contribution in [1.82, 2.24) is 10.3 Å². The highest BCUT2D eigenvalue weighted by molar-refractivity contribution is 6.74. The number of carbonyl (C=O) groups excluding carboxylic acids is 1. The van der Waals surface area contributed by atoms with Gasteiger partial charge in [-0.2, -0.15) is 0 Å². The first kappa shape index (κ1) is 24.7. The van der Waals surface area contributed by atoms with Crippen molar-refractivity contribution in [2.24, 2.45) is 5.41 Å². The molecule has 0 spiro atoms. The van der Waals surface area contributed by atoms with Crippen molar-refractivity contribution < 1.29 is 18.0 Å². The molecule has 1 heterocycles. The van der Waals surface area contributed by atoms with Crippen LogP contribution < -0.4 is 10.6 Å². The smallest absolute Gasteiger partial charge is 0.257 e. The number of halogens is 2. The van der Waals surface area contributed by atoms with Gasteiger partial charge in [-0.1, -0.05) is 47.6 Å². The zero-order chi connectivity index (χ0) is 21.8. The monoisotopic (exact) mass is 415 g/mol. The molecule has 8 heteroatoms. The predicted molar refractivity (Wildman–Crippen MR) is 112 cm³/mol. The van der Waals surface area contributed by atoms with Crippen molar-refractivity contribution in [3.05, 3.63) is 23.9 Å². The summed E-state index contributed by atoms with van der Waals surface area (Å²) in [7, 11) is -1.93. The van der Waals surface area contributed by atoms with E-state index < -0.39 is 26.2 Å². The normalized spacial score (nSPS) is 14.2. The summed E-state index contributed by atoms with van der Waals surface area (Å²) in [6, 6.07) is 1.90. The summed E-state index contributed by atoms with van der Waals surface area (Å²) in [6.07, 6.45) is -1.17. The fraction of sp³-hybridized carbons (Fsp3) is 0.700. The van der Waals surface area contributed by atoms with Crippen LogP contribution >= 0.6 is 0 Å². The largest absolute Gasteiger partial charge is 0.416 e. The topological polar surface area (TPSA) is 63.2 Å². The van der Waals surface area contributed by atoms with Gasteiger partial charge in [0.2, 0.25) is 5.91 Å². The molecule has 28 heavy (non-hydrogen) atoms. The van der Waals surface area contributed by atoms with Crippen molar-refractivity contribution in [3.63, 3.8) is 0 Å². The van der Waals surface area contributed by atoms with E-state index in [0.717, 1.165) is 0 Å². The molecule has 0 aromatic carbocycles. The first-order valence-electron chi connectivity index (χ1n) is 9.58. The molecule has 0 bridgehead atoms. The van der Waals surface area contributed by atoms with Gasteiger partial charge < -0.3 is 15.1 Å². The van der Waals surface area contributed by atoms with E-state index in [4.69, 9.17) is 4.43 Å². The van der Waals surface area contributed by atoms with Gasteiger partial charge in [0.05, 0.1) is 6.04 Å². The number of hydrogen-bond donors (Lipinski definition) is 2. The van der Waals surface area contributed by atoms with Gasteiger partial charge in [0.1, 0.15) is 5.82 Å². The Morgan fingerprint density at radius 1 is 1.21 bits per heavy atom. The molecule has 0 saturated carbocycles. The average molecular weight is 416 g/mol. The summed E-state index contributed by atoms with van der Waals surface area (Å²) in [4.78, 5) is 16.4. The Morgan fingerprint density at radius 3 is 2.32 bits per heavy atom. The minimum Gasteiger partial charge on any atom is -0.416 e. The van der Waals surface area contributed by atoms with Gasteiger partial charge in [-0.3, -0.25) is 4.79 Å². The summed E-state index contributed by atoms with van der Waals surface area (Å²) in [6.45, 7) is 16.5. The van der Waals surface area contributed by atoms with Crippen LogP contribution in [0, 0.1) is 5.41 Å². The third kappa shape index (κ3) is 6.90. The molecule has 0 aliphatic carbocycles. The van der Waals surface area contributed by atoms with Crippen LogP contribution in [0.15, 0.2) is 18.3 Å². The van der Waals surface area contributed by atoms with Crippen LogP contribution in [0.4, 0.5) is 14.6 Å². The molecular weight excluding hydrogens is 380 g/mol. The number of nitrogens with one attached hydrogen (secondary N) is 2. The highest BCUT2D eigenvalue weighted by Crippen LogP contribution is 2.36. The maximum atomic E-state index is 13.8. The minimum absolute atomic E-state index is 0.0584. The highest BCUT2D eigenvalue weighted by Gasteiger charge is 2.37. The maximum absolute atomic E-state index is 13.8. The van der Waals surface area contributed by atoms with E-state index >= 15 is 0 Å². The summed E-state index contributed by atoms with van der Waals surface area (Å²) in [5, 5.41) is 5.60. The lowest BCUT2D eigenvalue weighted by Gasteiger charge is -2.36. The Labute approximate surface area is 168 Å². The van der Waals surface area contributed by atoms with Crippen LogP contribution in [0.3, 0.4) is 0 Å². The fourth-order valence-corrected chi connectivity index (χ4v) is 3.19. The fourth-order valence-electron chi connectivity index (χ4n) is 2.14. The number of alkyl halides is 2. The molecule has 1 rings (SSSR count). The van der Waals surface area contributed by atoms with Gasteiger partial charge in [-0.25, -0.2) is 13.8 Å². The zero-order valence-electron chi connectivity index (χ0n) is 18.3. The van der Waals surface area contributed by atoms with E-state index in [-0.39, 0.29) is 28.9 Å². The molecule has 0 saturated heterocycles. The molecule has 1 unspecified atom stereocenters. The lowest BCUT2D eigenvalue weighted by Crippen LogP contribution is -2.43. The van der Waals surface area contributed by atoms with Crippen molar-refractivity contribution in [3.8, 4) is 0 Å². The van der Waals surface area contributed by atoms with Gasteiger partial charge in [-0.05, 0) is 24.2 Å². The number of pyridine rings is 1. The van der Waals surface area contributed by atoms with E-state index in [1.54, 1.807) is 32.9 Å². The number of hydrogen-bond acceptors (Lipinski definition) is 4. The molecule has 1 aromatic rings. The summed E-state index contributed by atoms with van der Waals surface area (Å²) in [5.41, 5.74) is -0.387. The van der Waals surface area contributed by atoms with Gasteiger partial charge in [0.15, 0.2) is 8.32 Å². The van der Waals surface area contributed by atoms with Gasteiger partial charge in [-0.15, -0.1) is 0 Å². The molecule has 1 atom stereocenters. The van der Waals surface area contributed by atoms with Crippen LogP contribution in [0.25, 0.3) is 0 Å². The van der Waals surface area contributed by atoms with E-state index in [0.29, 0.717) is 6.61 Å². The van der Waals surface area contributed by atoms with E-state index in [9.17, 15) is 13.6 Å². The second-order valence-corrected chi connectivity index (χ2v) is 14.3. The first-order chi connectivity index (χ1) is 12.7. The van der Waals surface area contributed by atoms with E-state index in [1.165, 1.54) is 6.20 Å². The zero-order valence-corrected chi connectivity index (χ0v) is 19.3. The number of anilines is 1. The van der Waals surface area contributed by atoms with Crippen LogP contribution in [0.1, 0.15) is 53.1 Å². The summed E-state index contributed by atoms with van der Waals surface area (Å²) < 4.78 is 33.5. The first-order valence-corrected chi connectivity index (χ1v) is 12.5. The van der Waals surface area contributed by atoms with Gasteiger partial charge in [0.25, 0.3) is 6.43 Å². The Kier molecular flexibility index (Phi) is 8.29. The molecule has 0 radical (unpaired) electrons. The van der Waals surface area contributed by atoms with Gasteiger partial charge >= 0.3 is 0 Å². The van der Waals surface area contributed by atoms with Crippen LogP contribution in [0.2, 0.25) is 18.1 Å². The Morgan fingerprint density at radius 2 is 1.82 bits per heavy atom. The predicted octanol–water partition coefficient (Wildman–Crippen LogP) is 4.98. The second-order valence-electron chi connectivity index (χ2n) is 9.52. The third-order valence-electron chi connectivity index (χ3n) is 5.07. The number of carbonyl (C=O) groups is 1. The average Bonchev–Trinajstić information content (AvgIpc) is 2.53. The lowest BCUT2D eigenvalue weighted by molar-refractivity contribution is -0.123.